The molecule has 98 valence electrons. The first kappa shape index (κ1) is 21.0. The minimum Gasteiger partial charge on any atom is -0.261 e. The summed E-state index contributed by atoms with van der Waals surface area (Å²) in [6.07, 6.45) is 11.5. The van der Waals surface area contributed by atoms with E-state index in [-0.39, 0.29) is 0 Å². The van der Waals surface area contributed by atoms with Crippen LogP contribution in [0.25, 0.3) is 0 Å². The molecule has 0 amide bonds. The van der Waals surface area contributed by atoms with Crippen molar-refractivity contribution in [3.63, 3.8) is 0 Å². The maximum Gasteiger partial charge on any atom is 0.0694 e. The smallest absolute Gasteiger partial charge is 0.0694 e. The summed E-state index contributed by atoms with van der Waals surface area (Å²) in [5.74, 6) is 0. The van der Waals surface area contributed by atoms with E-state index in [9.17, 15) is 0 Å². The molecule has 0 atom stereocenters. The third-order valence-electron chi connectivity index (χ3n) is 1.54. The maximum absolute atomic E-state index is 4.25. The van der Waals surface area contributed by atoms with Crippen LogP contribution in [0.1, 0.15) is 48.5 Å². The van der Waals surface area contributed by atoms with Crippen LogP contribution < -0.4 is 0 Å². The van der Waals surface area contributed by atoms with Crippen LogP contribution in [0.4, 0.5) is 0 Å². The Morgan fingerprint density at radius 1 is 1.00 bits per heavy atom. The fraction of sp³-hybridized carbons (Fsp3) is 0.438. The third kappa shape index (κ3) is 12.6. The van der Waals surface area contributed by atoms with Crippen LogP contribution in [0, 0.1) is 0 Å². The Hall–Kier alpha value is -1.37. The molecular weight excluding hydrogens is 206 g/mol. The molecule has 0 aromatic heterocycles. The van der Waals surface area contributed by atoms with Crippen molar-refractivity contribution in [1.82, 2.24) is 0 Å². The van der Waals surface area contributed by atoms with Gasteiger partial charge < -0.3 is 0 Å². The van der Waals surface area contributed by atoms with Crippen LogP contribution in [0.15, 0.2) is 53.2 Å². The van der Waals surface area contributed by atoms with Crippen LogP contribution >= 0.6 is 0 Å². The number of rotatable bonds is 4. The summed E-state index contributed by atoms with van der Waals surface area (Å²) >= 11 is 0. The summed E-state index contributed by atoms with van der Waals surface area (Å²) in [4.78, 5) is 4.25. The first-order valence-corrected chi connectivity index (χ1v) is 6.40. The second kappa shape index (κ2) is 20.1. The number of hydrogen-bond acceptors (Lipinski definition) is 1. The molecular formula is C16H29N. The molecule has 0 rings (SSSR count). The Morgan fingerprint density at radius 2 is 1.53 bits per heavy atom. The summed E-state index contributed by atoms with van der Waals surface area (Å²) in [5, 5.41) is 0. The first-order valence-electron chi connectivity index (χ1n) is 6.40. The zero-order valence-electron chi connectivity index (χ0n) is 12.6. The van der Waals surface area contributed by atoms with Crippen LogP contribution in [0.5, 0.6) is 0 Å². The largest absolute Gasteiger partial charge is 0.261 e. The van der Waals surface area contributed by atoms with Crippen LogP contribution in [0.2, 0.25) is 0 Å². The predicted octanol–water partition coefficient (Wildman–Crippen LogP) is 5.72. The van der Waals surface area contributed by atoms with Crippen molar-refractivity contribution in [1.29, 1.82) is 0 Å². The van der Waals surface area contributed by atoms with E-state index in [1.54, 1.807) is 6.21 Å². The number of allylic oxidation sites excluding steroid dienone is 5. The average molecular weight is 235 g/mol. The van der Waals surface area contributed by atoms with E-state index in [1.807, 2.05) is 78.8 Å². The summed E-state index contributed by atoms with van der Waals surface area (Å²) in [6.45, 7) is 17.6. The molecule has 0 N–H and O–H groups in total. The Kier molecular flexibility index (Phi) is 24.8. The summed E-state index contributed by atoms with van der Waals surface area (Å²) in [6, 6.07) is 0. The molecule has 0 heterocycles. The van der Waals surface area contributed by atoms with E-state index in [1.165, 1.54) is 0 Å². The van der Waals surface area contributed by atoms with Gasteiger partial charge in [-0.25, -0.2) is 0 Å². The summed E-state index contributed by atoms with van der Waals surface area (Å²) in [5.41, 5.74) is 1.99. The van der Waals surface area contributed by atoms with E-state index in [0.29, 0.717) is 0 Å². The number of nitrogens with zero attached hydrogens (tertiary/aromatic N) is 1. The van der Waals surface area contributed by atoms with Crippen molar-refractivity contribution in [3.05, 3.63) is 48.2 Å². The Balaban J connectivity index is -0.000000439. The van der Waals surface area contributed by atoms with Gasteiger partial charge in [-0.05, 0) is 32.4 Å². The Morgan fingerprint density at radius 3 is 1.82 bits per heavy atom. The second-order valence-electron chi connectivity index (χ2n) is 2.41. The fourth-order valence-corrected chi connectivity index (χ4v) is 0.911. The van der Waals surface area contributed by atoms with Crippen molar-refractivity contribution < 1.29 is 0 Å². The number of hydrogen-bond donors (Lipinski definition) is 0. The minimum absolute atomic E-state index is 0.943. The van der Waals surface area contributed by atoms with Gasteiger partial charge >= 0.3 is 0 Å². The Labute approximate surface area is 108 Å². The van der Waals surface area contributed by atoms with Gasteiger partial charge in [-0.1, -0.05) is 58.6 Å². The van der Waals surface area contributed by atoms with Gasteiger partial charge in [-0.2, -0.15) is 0 Å². The zero-order chi connectivity index (χ0) is 14.1. The Bertz CT molecular complexity index is 265. The van der Waals surface area contributed by atoms with E-state index in [2.05, 4.69) is 11.6 Å². The van der Waals surface area contributed by atoms with E-state index in [4.69, 9.17) is 0 Å². The molecule has 1 heteroatoms. The van der Waals surface area contributed by atoms with E-state index in [0.717, 1.165) is 11.3 Å². The summed E-state index contributed by atoms with van der Waals surface area (Å²) < 4.78 is 0. The molecule has 17 heavy (non-hydrogen) atoms. The van der Waals surface area contributed by atoms with Crippen molar-refractivity contribution in [2.75, 3.05) is 0 Å². The normalized spacial score (nSPS) is 11.7. The lowest BCUT2D eigenvalue weighted by atomic mass is 10.1. The average Bonchev–Trinajstić information content (AvgIpc) is 2.42. The lowest BCUT2D eigenvalue weighted by Crippen LogP contribution is -1.82. The molecule has 0 aromatic rings. The molecule has 1 nitrogen and oxygen atoms in total. The second-order valence-corrected chi connectivity index (χ2v) is 2.41. The van der Waals surface area contributed by atoms with Crippen molar-refractivity contribution in [3.8, 4) is 0 Å². The molecule has 0 aliphatic carbocycles. The van der Waals surface area contributed by atoms with Crippen molar-refractivity contribution in [2.45, 2.75) is 48.5 Å². The van der Waals surface area contributed by atoms with Gasteiger partial charge in [0.2, 0.25) is 0 Å². The van der Waals surface area contributed by atoms with Crippen LogP contribution in [-0.4, -0.2) is 6.21 Å². The van der Waals surface area contributed by atoms with Crippen LogP contribution in [-0.2, 0) is 0 Å². The van der Waals surface area contributed by atoms with Crippen molar-refractivity contribution in [2.24, 2.45) is 4.99 Å². The number of aliphatic imine (C=N–C) groups is 1. The standard InChI is InChI=1S/C12H17N.2C2H6/c1-5-9-10-12(13-8-4)11(6-2)7-3;2*1-2/h5-10H,2H2,1,3-4H3;2*1-2H3/b9-5-,11-7-,12-10+,13-8?;;. The molecule has 0 bridgehead atoms. The van der Waals surface area contributed by atoms with Gasteiger partial charge in [0.15, 0.2) is 0 Å². The van der Waals surface area contributed by atoms with E-state index >= 15 is 0 Å². The molecule has 0 aromatic carbocycles. The fourth-order valence-electron chi connectivity index (χ4n) is 0.911. The molecule has 0 unspecified atom stereocenters. The topological polar surface area (TPSA) is 12.4 Å². The predicted molar refractivity (Wildman–Crippen MR) is 83.7 cm³/mol. The lowest BCUT2D eigenvalue weighted by Gasteiger charge is -1.99. The molecule has 0 spiro atoms. The van der Waals surface area contributed by atoms with Crippen LogP contribution in [0.3, 0.4) is 0 Å². The van der Waals surface area contributed by atoms with Gasteiger partial charge in [-0.3, -0.25) is 4.99 Å². The molecule has 0 fully saturated rings. The quantitative estimate of drug-likeness (QED) is 0.436. The highest BCUT2D eigenvalue weighted by atomic mass is 14.7. The van der Waals surface area contributed by atoms with Crippen molar-refractivity contribution >= 4 is 6.21 Å². The van der Waals surface area contributed by atoms with Gasteiger partial charge in [0, 0.05) is 6.21 Å². The zero-order valence-corrected chi connectivity index (χ0v) is 12.6. The highest BCUT2D eigenvalue weighted by molar-refractivity contribution is 5.58. The first-order chi connectivity index (χ1) is 8.29. The molecule has 0 saturated heterocycles. The molecule has 0 aliphatic heterocycles. The van der Waals surface area contributed by atoms with Gasteiger partial charge in [0.05, 0.1) is 5.70 Å². The minimum atomic E-state index is 0.943. The monoisotopic (exact) mass is 235 g/mol. The van der Waals surface area contributed by atoms with Gasteiger partial charge in [0.1, 0.15) is 0 Å². The molecule has 0 aliphatic rings. The maximum atomic E-state index is 4.25. The highest BCUT2D eigenvalue weighted by Gasteiger charge is 1.94. The van der Waals surface area contributed by atoms with Gasteiger partial charge in [-0.15, -0.1) is 0 Å². The third-order valence-corrected chi connectivity index (χ3v) is 1.54. The SMILES string of the molecule is C=CC(=C/C)/C(=C\C=C/C)N=CC.CC.CC. The van der Waals surface area contributed by atoms with E-state index < -0.39 is 0 Å². The molecule has 0 radical (unpaired) electrons. The molecule has 0 saturated carbocycles. The highest BCUT2D eigenvalue weighted by Crippen LogP contribution is 2.12. The lowest BCUT2D eigenvalue weighted by molar-refractivity contribution is 1.34. The summed E-state index contributed by atoms with van der Waals surface area (Å²) in [7, 11) is 0. The van der Waals surface area contributed by atoms with Gasteiger partial charge in [0.25, 0.3) is 0 Å².